The third kappa shape index (κ3) is 2.91. The second-order valence-electron chi connectivity index (χ2n) is 6.46. The van der Waals surface area contributed by atoms with E-state index < -0.39 is 6.04 Å². The van der Waals surface area contributed by atoms with Crippen LogP contribution in [0.4, 0.5) is 5.82 Å². The highest BCUT2D eigenvalue weighted by Crippen LogP contribution is 2.20. The van der Waals surface area contributed by atoms with Crippen LogP contribution >= 0.6 is 0 Å². The molecule has 0 radical (unpaired) electrons. The van der Waals surface area contributed by atoms with E-state index in [1.165, 1.54) is 0 Å². The normalized spacial score (nSPS) is 20.4. The van der Waals surface area contributed by atoms with Gasteiger partial charge in [-0.05, 0) is 12.8 Å². The molecular formula is C16H21N7O2. The van der Waals surface area contributed by atoms with Crippen molar-refractivity contribution >= 4 is 17.6 Å². The fourth-order valence-electron chi connectivity index (χ4n) is 3.42. The molecule has 2 aliphatic heterocycles. The molecule has 4 rings (SSSR count). The topological polar surface area (TPSA) is 108 Å². The van der Waals surface area contributed by atoms with Crippen LogP contribution in [0, 0.1) is 0 Å². The number of hydrogen-bond acceptors (Lipinski definition) is 5. The fraction of sp³-hybridized carbons (Fsp3) is 0.500. The van der Waals surface area contributed by atoms with Crippen molar-refractivity contribution in [3.8, 4) is 0 Å². The summed E-state index contributed by atoms with van der Waals surface area (Å²) in [6.45, 7) is 2.10. The first-order chi connectivity index (χ1) is 12.1. The summed E-state index contributed by atoms with van der Waals surface area (Å²) in [7, 11) is 1.81. The van der Waals surface area contributed by atoms with E-state index in [9.17, 15) is 9.59 Å². The summed E-state index contributed by atoms with van der Waals surface area (Å²) >= 11 is 0. The van der Waals surface area contributed by atoms with Gasteiger partial charge in [0, 0.05) is 56.6 Å². The Kier molecular flexibility index (Phi) is 4.00. The van der Waals surface area contributed by atoms with Crippen LogP contribution in [0.3, 0.4) is 0 Å². The molecule has 2 aromatic heterocycles. The number of H-pyrrole nitrogens is 1. The SMILES string of the molecule is Cn1ccc(N2CCCC(NC(=O)c3n[nH]c4c3CNCC4)C2=O)n1. The highest BCUT2D eigenvalue weighted by atomic mass is 16.2. The molecule has 2 aromatic rings. The highest BCUT2D eigenvalue weighted by molar-refractivity contribution is 6.02. The largest absolute Gasteiger partial charge is 0.339 e. The predicted molar refractivity (Wildman–Crippen MR) is 90.0 cm³/mol. The van der Waals surface area contributed by atoms with Crippen molar-refractivity contribution in [1.29, 1.82) is 0 Å². The van der Waals surface area contributed by atoms with Crippen LogP contribution in [-0.4, -0.2) is 50.9 Å². The molecule has 0 saturated carbocycles. The predicted octanol–water partition coefficient (Wildman–Crippen LogP) is -0.286. The van der Waals surface area contributed by atoms with Gasteiger partial charge < -0.3 is 10.6 Å². The van der Waals surface area contributed by atoms with E-state index in [2.05, 4.69) is 25.9 Å². The van der Waals surface area contributed by atoms with Gasteiger partial charge in [-0.1, -0.05) is 0 Å². The number of nitrogens with zero attached hydrogens (tertiary/aromatic N) is 4. The third-order valence-electron chi connectivity index (χ3n) is 4.74. The van der Waals surface area contributed by atoms with E-state index in [1.807, 2.05) is 7.05 Å². The number of rotatable bonds is 3. The maximum Gasteiger partial charge on any atom is 0.272 e. The molecule has 2 amide bonds. The number of amides is 2. The number of carbonyl (C=O) groups is 2. The molecule has 0 aromatic carbocycles. The molecule has 2 aliphatic rings. The lowest BCUT2D eigenvalue weighted by Crippen LogP contribution is -2.52. The van der Waals surface area contributed by atoms with Gasteiger partial charge in [0.05, 0.1) is 0 Å². The molecule has 132 valence electrons. The number of aromatic amines is 1. The number of aromatic nitrogens is 4. The van der Waals surface area contributed by atoms with E-state index in [4.69, 9.17) is 0 Å². The van der Waals surface area contributed by atoms with Gasteiger partial charge in [0.1, 0.15) is 6.04 Å². The van der Waals surface area contributed by atoms with Crippen molar-refractivity contribution in [2.75, 3.05) is 18.0 Å². The van der Waals surface area contributed by atoms with Crippen molar-refractivity contribution in [3.63, 3.8) is 0 Å². The number of nitrogens with one attached hydrogen (secondary N) is 3. The Bertz CT molecular complexity index is 809. The fourth-order valence-corrected chi connectivity index (χ4v) is 3.42. The molecule has 3 N–H and O–H groups in total. The lowest BCUT2D eigenvalue weighted by atomic mass is 10.0. The minimum Gasteiger partial charge on any atom is -0.339 e. The summed E-state index contributed by atoms with van der Waals surface area (Å²) in [6.07, 6.45) is 4.06. The smallest absolute Gasteiger partial charge is 0.272 e. The first kappa shape index (κ1) is 15.8. The lowest BCUT2D eigenvalue weighted by molar-refractivity contribution is -0.121. The van der Waals surface area contributed by atoms with E-state index in [0.29, 0.717) is 31.0 Å². The van der Waals surface area contributed by atoms with Gasteiger partial charge >= 0.3 is 0 Å². The number of carbonyl (C=O) groups excluding carboxylic acids is 2. The molecule has 1 saturated heterocycles. The second-order valence-corrected chi connectivity index (χ2v) is 6.46. The Balaban J connectivity index is 1.49. The monoisotopic (exact) mass is 343 g/mol. The minimum absolute atomic E-state index is 0.124. The van der Waals surface area contributed by atoms with Gasteiger partial charge in [-0.25, -0.2) is 0 Å². The van der Waals surface area contributed by atoms with Crippen molar-refractivity contribution in [2.24, 2.45) is 7.05 Å². The minimum atomic E-state index is -0.549. The molecule has 9 nitrogen and oxygen atoms in total. The summed E-state index contributed by atoms with van der Waals surface area (Å²) in [4.78, 5) is 27.0. The number of hydrogen-bond donors (Lipinski definition) is 3. The Labute approximate surface area is 144 Å². The molecule has 1 fully saturated rings. The van der Waals surface area contributed by atoms with Crippen molar-refractivity contribution in [3.05, 3.63) is 29.2 Å². The molecule has 9 heteroatoms. The molecule has 4 heterocycles. The Hall–Kier alpha value is -2.68. The standard InChI is InChI=1S/C16H21N7O2/c1-22-8-5-13(21-22)23-7-2-3-12(16(23)25)18-15(24)14-10-9-17-6-4-11(10)19-20-14/h5,8,12,17H,2-4,6-7,9H2,1H3,(H,18,24)(H,19,20). The number of aryl methyl sites for hydroxylation is 1. The van der Waals surface area contributed by atoms with Gasteiger partial charge in [0.15, 0.2) is 11.5 Å². The van der Waals surface area contributed by atoms with E-state index >= 15 is 0 Å². The van der Waals surface area contributed by atoms with E-state index in [1.54, 1.807) is 21.8 Å². The van der Waals surface area contributed by atoms with Crippen LogP contribution in [0.15, 0.2) is 12.3 Å². The average molecular weight is 343 g/mol. The molecule has 1 unspecified atom stereocenters. The maximum atomic E-state index is 12.8. The van der Waals surface area contributed by atoms with Gasteiger partial charge in [0.25, 0.3) is 11.8 Å². The summed E-state index contributed by atoms with van der Waals surface area (Å²) in [5.41, 5.74) is 2.27. The highest BCUT2D eigenvalue weighted by Gasteiger charge is 2.33. The molecule has 0 bridgehead atoms. The number of fused-ring (bicyclic) bond motifs is 1. The van der Waals surface area contributed by atoms with Crippen molar-refractivity contribution < 1.29 is 9.59 Å². The van der Waals surface area contributed by atoms with Crippen molar-refractivity contribution in [2.45, 2.75) is 31.8 Å². The van der Waals surface area contributed by atoms with Crippen LogP contribution in [0.5, 0.6) is 0 Å². The van der Waals surface area contributed by atoms with Gasteiger partial charge in [-0.2, -0.15) is 10.2 Å². The first-order valence-corrected chi connectivity index (χ1v) is 8.52. The van der Waals surface area contributed by atoms with E-state index in [0.717, 1.165) is 30.6 Å². The zero-order valence-corrected chi connectivity index (χ0v) is 14.1. The van der Waals surface area contributed by atoms with Crippen LogP contribution in [-0.2, 0) is 24.8 Å². The Morgan fingerprint density at radius 1 is 1.44 bits per heavy atom. The van der Waals surface area contributed by atoms with Crippen LogP contribution in [0.2, 0.25) is 0 Å². The summed E-state index contributed by atoms with van der Waals surface area (Å²) in [5, 5.41) is 17.5. The second kappa shape index (κ2) is 6.32. The van der Waals surface area contributed by atoms with Crippen LogP contribution in [0.1, 0.15) is 34.6 Å². The molecule has 1 atom stereocenters. The third-order valence-corrected chi connectivity index (χ3v) is 4.74. The van der Waals surface area contributed by atoms with Gasteiger partial charge in [-0.3, -0.25) is 24.3 Å². The molecular weight excluding hydrogens is 322 g/mol. The zero-order valence-electron chi connectivity index (χ0n) is 14.1. The van der Waals surface area contributed by atoms with E-state index in [-0.39, 0.29) is 11.8 Å². The van der Waals surface area contributed by atoms with Crippen LogP contribution in [0.25, 0.3) is 0 Å². The van der Waals surface area contributed by atoms with Gasteiger partial charge in [0.2, 0.25) is 0 Å². The summed E-state index contributed by atoms with van der Waals surface area (Å²) < 4.78 is 1.66. The van der Waals surface area contributed by atoms with Crippen LogP contribution < -0.4 is 15.5 Å². The quantitative estimate of drug-likeness (QED) is 0.710. The maximum absolute atomic E-state index is 12.8. The Morgan fingerprint density at radius 3 is 3.12 bits per heavy atom. The lowest BCUT2D eigenvalue weighted by Gasteiger charge is -2.31. The zero-order chi connectivity index (χ0) is 17.4. The summed E-state index contributed by atoms with van der Waals surface area (Å²) in [5.74, 6) is 0.191. The average Bonchev–Trinajstić information content (AvgIpc) is 3.23. The molecule has 0 aliphatic carbocycles. The molecule has 25 heavy (non-hydrogen) atoms. The number of piperidine rings is 1. The first-order valence-electron chi connectivity index (χ1n) is 8.52. The Morgan fingerprint density at radius 2 is 2.32 bits per heavy atom. The van der Waals surface area contributed by atoms with Crippen molar-refractivity contribution in [1.82, 2.24) is 30.6 Å². The molecule has 0 spiro atoms. The summed E-state index contributed by atoms with van der Waals surface area (Å²) in [6, 6.07) is 1.25. The van der Waals surface area contributed by atoms with Gasteiger partial charge in [-0.15, -0.1) is 0 Å². The number of anilines is 1.